The Morgan fingerprint density at radius 2 is 1.20 bits per heavy atom. The van der Waals surface area contributed by atoms with Gasteiger partial charge in [0, 0.05) is 13.1 Å². The highest BCUT2D eigenvalue weighted by atomic mass is 16.1. The normalized spacial score (nSPS) is 11.1. The number of hydrogen-bond acceptors (Lipinski definition) is 1. The van der Waals surface area contributed by atoms with E-state index in [1.807, 2.05) is 4.90 Å². The first-order chi connectivity index (χ1) is 7.21. The van der Waals surface area contributed by atoms with Gasteiger partial charge in [0.25, 0.3) is 0 Å². The van der Waals surface area contributed by atoms with E-state index in [1.54, 1.807) is 0 Å². The fourth-order valence-electron chi connectivity index (χ4n) is 1.92. The highest BCUT2D eigenvalue weighted by Gasteiger charge is 2.13. The Kier molecular flexibility index (Phi) is 8.44. The predicted molar refractivity (Wildman–Crippen MR) is 65.8 cm³/mol. The molecule has 90 valence electrons. The number of nitrogens with zero attached hydrogens (tertiary/aromatic N) is 1. The summed E-state index contributed by atoms with van der Waals surface area (Å²) in [6, 6.07) is 0. The maximum atomic E-state index is 11.0. The molecule has 0 radical (unpaired) electrons. The number of carbonyl (C=O) groups excluding carboxylic acids is 1. The molecule has 0 N–H and O–H groups in total. The van der Waals surface area contributed by atoms with Crippen molar-refractivity contribution >= 4 is 6.41 Å². The summed E-state index contributed by atoms with van der Waals surface area (Å²) in [6.07, 6.45) is 5.71. The zero-order chi connectivity index (χ0) is 11.7. The van der Waals surface area contributed by atoms with Crippen LogP contribution in [0.15, 0.2) is 0 Å². The molecule has 0 aromatic carbocycles. The third-order valence-electron chi connectivity index (χ3n) is 3.44. The molecule has 0 saturated carbocycles. The van der Waals surface area contributed by atoms with Crippen LogP contribution in [-0.4, -0.2) is 24.4 Å². The Hall–Kier alpha value is -0.530. The molecule has 0 unspecified atom stereocenters. The molecular weight excluding hydrogens is 186 g/mol. The third-order valence-corrected chi connectivity index (χ3v) is 3.44. The number of carbonyl (C=O) groups is 1. The Morgan fingerprint density at radius 1 is 0.867 bits per heavy atom. The molecular formula is C13H27NO. The second-order valence-electron chi connectivity index (χ2n) is 4.42. The van der Waals surface area contributed by atoms with Crippen LogP contribution in [0.4, 0.5) is 0 Å². The summed E-state index contributed by atoms with van der Waals surface area (Å²) in [5.74, 6) is 1.34. The van der Waals surface area contributed by atoms with Crippen LogP contribution in [0.3, 0.4) is 0 Å². The first kappa shape index (κ1) is 14.5. The second kappa shape index (κ2) is 8.75. The van der Waals surface area contributed by atoms with Crippen LogP contribution < -0.4 is 0 Å². The van der Waals surface area contributed by atoms with Gasteiger partial charge in [-0.3, -0.25) is 4.79 Å². The molecule has 0 atom stereocenters. The molecule has 2 heteroatoms. The number of rotatable bonds is 9. The van der Waals surface area contributed by atoms with Gasteiger partial charge in [0.1, 0.15) is 0 Å². The summed E-state index contributed by atoms with van der Waals surface area (Å²) in [5.41, 5.74) is 0. The van der Waals surface area contributed by atoms with E-state index in [0.29, 0.717) is 11.8 Å². The van der Waals surface area contributed by atoms with Gasteiger partial charge in [-0.05, 0) is 11.8 Å². The largest absolute Gasteiger partial charge is 0.345 e. The third kappa shape index (κ3) is 5.81. The summed E-state index contributed by atoms with van der Waals surface area (Å²) in [6.45, 7) is 10.7. The van der Waals surface area contributed by atoms with Gasteiger partial charge in [0.05, 0.1) is 0 Å². The van der Waals surface area contributed by atoms with Gasteiger partial charge in [-0.1, -0.05) is 53.4 Å². The molecule has 0 rings (SSSR count). The maximum absolute atomic E-state index is 11.0. The standard InChI is InChI=1S/C13H27NO/c1-5-12(6-2)9-14(11-15)10-13(7-3)8-4/h11-13H,5-10H2,1-4H3. The van der Waals surface area contributed by atoms with E-state index < -0.39 is 0 Å². The van der Waals surface area contributed by atoms with Crippen molar-refractivity contribution in [2.75, 3.05) is 13.1 Å². The highest BCUT2D eigenvalue weighted by Crippen LogP contribution is 2.13. The molecule has 1 amide bonds. The van der Waals surface area contributed by atoms with Crippen molar-refractivity contribution in [3.8, 4) is 0 Å². The van der Waals surface area contributed by atoms with Crippen LogP contribution in [0.5, 0.6) is 0 Å². The van der Waals surface area contributed by atoms with Gasteiger partial charge < -0.3 is 4.90 Å². The molecule has 0 spiro atoms. The Balaban J connectivity index is 4.05. The van der Waals surface area contributed by atoms with Crippen LogP contribution in [0.25, 0.3) is 0 Å². The maximum Gasteiger partial charge on any atom is 0.209 e. The summed E-state index contributed by atoms with van der Waals surface area (Å²) in [7, 11) is 0. The fourth-order valence-corrected chi connectivity index (χ4v) is 1.92. The smallest absolute Gasteiger partial charge is 0.209 e. The SMILES string of the molecule is CCC(CC)CN(C=O)CC(CC)CC. The number of amides is 1. The molecule has 0 aliphatic carbocycles. The van der Waals surface area contributed by atoms with E-state index in [1.165, 1.54) is 25.7 Å². The van der Waals surface area contributed by atoms with Crippen molar-refractivity contribution < 1.29 is 4.79 Å². The van der Waals surface area contributed by atoms with Crippen molar-refractivity contribution in [3.63, 3.8) is 0 Å². The minimum absolute atomic E-state index is 0.671. The lowest BCUT2D eigenvalue weighted by molar-refractivity contribution is -0.119. The van der Waals surface area contributed by atoms with Crippen molar-refractivity contribution in [2.45, 2.75) is 53.4 Å². The second-order valence-corrected chi connectivity index (χ2v) is 4.42. The Labute approximate surface area is 95.0 Å². The number of hydrogen-bond donors (Lipinski definition) is 0. The van der Waals surface area contributed by atoms with Crippen molar-refractivity contribution in [1.82, 2.24) is 4.90 Å². The van der Waals surface area contributed by atoms with Crippen molar-refractivity contribution in [2.24, 2.45) is 11.8 Å². The topological polar surface area (TPSA) is 20.3 Å². The van der Waals surface area contributed by atoms with Gasteiger partial charge in [-0.2, -0.15) is 0 Å². The van der Waals surface area contributed by atoms with Gasteiger partial charge in [-0.25, -0.2) is 0 Å². The molecule has 15 heavy (non-hydrogen) atoms. The molecule has 0 fully saturated rings. The molecule has 0 saturated heterocycles. The van der Waals surface area contributed by atoms with Crippen LogP contribution in [-0.2, 0) is 4.79 Å². The quantitative estimate of drug-likeness (QED) is 0.538. The van der Waals surface area contributed by atoms with Crippen LogP contribution in [0, 0.1) is 11.8 Å². The van der Waals surface area contributed by atoms with Gasteiger partial charge >= 0.3 is 0 Å². The monoisotopic (exact) mass is 213 g/mol. The molecule has 2 nitrogen and oxygen atoms in total. The van der Waals surface area contributed by atoms with E-state index in [-0.39, 0.29) is 0 Å². The minimum atomic E-state index is 0.671. The lowest BCUT2D eigenvalue weighted by Gasteiger charge is -2.26. The minimum Gasteiger partial charge on any atom is -0.345 e. The zero-order valence-electron chi connectivity index (χ0n) is 10.8. The average molecular weight is 213 g/mol. The summed E-state index contributed by atoms with van der Waals surface area (Å²) in [5, 5.41) is 0. The van der Waals surface area contributed by atoms with Crippen molar-refractivity contribution in [3.05, 3.63) is 0 Å². The van der Waals surface area contributed by atoms with Crippen molar-refractivity contribution in [1.29, 1.82) is 0 Å². The van der Waals surface area contributed by atoms with E-state index >= 15 is 0 Å². The summed E-state index contributed by atoms with van der Waals surface area (Å²) < 4.78 is 0. The highest BCUT2D eigenvalue weighted by molar-refractivity contribution is 5.46. The van der Waals surface area contributed by atoms with Gasteiger partial charge in [0.2, 0.25) is 6.41 Å². The molecule has 0 aliphatic rings. The first-order valence-electron chi connectivity index (χ1n) is 6.40. The molecule has 0 bridgehead atoms. The van der Waals surface area contributed by atoms with Gasteiger partial charge in [-0.15, -0.1) is 0 Å². The zero-order valence-corrected chi connectivity index (χ0v) is 10.8. The average Bonchev–Trinajstić information content (AvgIpc) is 2.30. The van der Waals surface area contributed by atoms with E-state index in [4.69, 9.17) is 0 Å². The lowest BCUT2D eigenvalue weighted by Crippen LogP contribution is -2.32. The van der Waals surface area contributed by atoms with Gasteiger partial charge in [0.15, 0.2) is 0 Å². The van der Waals surface area contributed by atoms with E-state index in [9.17, 15) is 4.79 Å². The molecule has 0 aliphatic heterocycles. The fraction of sp³-hybridized carbons (Fsp3) is 0.923. The van der Waals surface area contributed by atoms with E-state index in [2.05, 4.69) is 27.7 Å². The summed E-state index contributed by atoms with van der Waals surface area (Å²) in [4.78, 5) is 12.9. The first-order valence-corrected chi connectivity index (χ1v) is 6.40. The molecule has 0 aromatic heterocycles. The summed E-state index contributed by atoms with van der Waals surface area (Å²) >= 11 is 0. The lowest BCUT2D eigenvalue weighted by atomic mass is 10.00. The predicted octanol–water partition coefficient (Wildman–Crippen LogP) is 3.32. The molecule has 0 heterocycles. The van der Waals surface area contributed by atoms with Crippen LogP contribution >= 0.6 is 0 Å². The van der Waals surface area contributed by atoms with Crippen LogP contribution in [0.1, 0.15) is 53.4 Å². The molecule has 0 aromatic rings. The Morgan fingerprint density at radius 3 is 1.40 bits per heavy atom. The Bertz CT molecular complexity index is 137. The van der Waals surface area contributed by atoms with E-state index in [0.717, 1.165) is 19.5 Å². The van der Waals surface area contributed by atoms with Crippen LogP contribution in [0.2, 0.25) is 0 Å².